The van der Waals surface area contributed by atoms with E-state index < -0.39 is 5.41 Å². The van der Waals surface area contributed by atoms with Gasteiger partial charge in [-0.15, -0.1) is 5.10 Å². The predicted octanol–water partition coefficient (Wildman–Crippen LogP) is 4.80. The first-order valence-electron chi connectivity index (χ1n) is 8.93. The third kappa shape index (κ3) is 3.03. The molecule has 0 unspecified atom stereocenters. The molecule has 0 fully saturated rings. The number of nitrogen functional groups attached to an aromatic ring is 1. The third-order valence-corrected chi connectivity index (χ3v) is 5.19. The van der Waals surface area contributed by atoms with E-state index >= 15 is 0 Å². The van der Waals surface area contributed by atoms with E-state index in [0.29, 0.717) is 5.69 Å². The zero-order chi connectivity index (χ0) is 19.4. The minimum absolute atomic E-state index is 0.231. The highest BCUT2D eigenvalue weighted by atomic mass is 35.5. The number of hydrogen-bond donors (Lipinski definition) is 2. The summed E-state index contributed by atoms with van der Waals surface area (Å²) in [6, 6.07) is 32.7. The van der Waals surface area contributed by atoms with Crippen molar-refractivity contribution < 1.29 is 0 Å². The number of aromatic nitrogens is 2. The Hall–Kier alpha value is -3.21. The molecule has 1 aromatic heterocycles. The van der Waals surface area contributed by atoms with Crippen molar-refractivity contribution in [2.75, 3.05) is 5.43 Å². The first-order chi connectivity index (χ1) is 13.8. The summed E-state index contributed by atoms with van der Waals surface area (Å²) < 4.78 is 0. The summed E-state index contributed by atoms with van der Waals surface area (Å²) in [7, 11) is 0. The highest BCUT2D eigenvalue weighted by molar-refractivity contribution is 6.31. The van der Waals surface area contributed by atoms with Crippen LogP contribution in [-0.2, 0) is 5.41 Å². The van der Waals surface area contributed by atoms with E-state index in [1.165, 1.54) is 0 Å². The number of nitrogens with zero attached hydrogens (tertiary/aromatic N) is 2. The van der Waals surface area contributed by atoms with Gasteiger partial charge in [0.05, 0.1) is 16.8 Å². The van der Waals surface area contributed by atoms with Crippen LogP contribution in [0.1, 0.15) is 22.4 Å². The molecule has 0 aliphatic heterocycles. The minimum Gasteiger partial charge on any atom is -0.321 e. The Morgan fingerprint density at radius 3 is 1.50 bits per heavy atom. The molecule has 3 N–H and O–H groups in total. The molecule has 4 aromatic rings. The van der Waals surface area contributed by atoms with Gasteiger partial charge in [-0.05, 0) is 22.8 Å². The van der Waals surface area contributed by atoms with Crippen molar-refractivity contribution in [3.8, 4) is 0 Å². The fraction of sp³-hybridized carbons (Fsp3) is 0.0435. The van der Waals surface area contributed by atoms with Gasteiger partial charge in [-0.25, -0.2) is 0 Å². The summed E-state index contributed by atoms with van der Waals surface area (Å²) in [4.78, 5) is 0. The van der Waals surface area contributed by atoms with Gasteiger partial charge < -0.3 is 5.43 Å². The molecule has 1 heterocycles. The molecular formula is C23H19ClN4. The van der Waals surface area contributed by atoms with E-state index in [0.717, 1.165) is 22.4 Å². The molecule has 0 bridgehead atoms. The first kappa shape index (κ1) is 18.2. The maximum Gasteiger partial charge on any atom is 0.176 e. The molecule has 5 heteroatoms. The Morgan fingerprint density at radius 1 is 0.679 bits per heavy atom. The predicted molar refractivity (Wildman–Crippen MR) is 113 cm³/mol. The Morgan fingerprint density at radius 2 is 1.11 bits per heavy atom. The van der Waals surface area contributed by atoms with Crippen molar-refractivity contribution in [3.05, 3.63) is 125 Å². The molecule has 0 atom stereocenters. The maximum absolute atomic E-state index is 6.17. The molecular weight excluding hydrogens is 368 g/mol. The number of halogens is 1. The van der Waals surface area contributed by atoms with Crippen molar-refractivity contribution in [1.29, 1.82) is 0 Å². The minimum atomic E-state index is -0.674. The van der Waals surface area contributed by atoms with Gasteiger partial charge in [0.25, 0.3) is 0 Å². The van der Waals surface area contributed by atoms with Gasteiger partial charge in [0, 0.05) is 0 Å². The van der Waals surface area contributed by atoms with Crippen LogP contribution in [0, 0.1) is 0 Å². The molecule has 3 aromatic carbocycles. The smallest absolute Gasteiger partial charge is 0.176 e. The van der Waals surface area contributed by atoms with Gasteiger partial charge in [-0.3, -0.25) is 5.84 Å². The molecule has 0 saturated heterocycles. The fourth-order valence-corrected chi connectivity index (χ4v) is 3.82. The van der Waals surface area contributed by atoms with Crippen molar-refractivity contribution in [2.45, 2.75) is 5.41 Å². The number of hydrogen-bond acceptors (Lipinski definition) is 4. The van der Waals surface area contributed by atoms with E-state index in [-0.39, 0.29) is 5.15 Å². The van der Waals surface area contributed by atoms with Crippen LogP contribution < -0.4 is 11.3 Å². The fourth-order valence-electron chi connectivity index (χ4n) is 3.67. The third-order valence-electron chi connectivity index (χ3n) is 4.91. The molecule has 0 aliphatic carbocycles. The SMILES string of the molecule is NNc1cc(C(c2ccccc2)(c2ccccc2)c2ccccc2)nnc1Cl. The number of rotatable bonds is 5. The summed E-state index contributed by atoms with van der Waals surface area (Å²) in [6.07, 6.45) is 0. The highest BCUT2D eigenvalue weighted by Gasteiger charge is 2.40. The van der Waals surface area contributed by atoms with Gasteiger partial charge in [0.15, 0.2) is 5.15 Å². The second-order valence-corrected chi connectivity index (χ2v) is 6.78. The van der Waals surface area contributed by atoms with E-state index in [2.05, 4.69) is 52.0 Å². The van der Waals surface area contributed by atoms with Crippen molar-refractivity contribution in [2.24, 2.45) is 5.84 Å². The molecule has 4 rings (SSSR count). The van der Waals surface area contributed by atoms with Crippen LogP contribution in [0.2, 0.25) is 5.15 Å². The normalized spacial score (nSPS) is 11.2. The monoisotopic (exact) mass is 386 g/mol. The van der Waals surface area contributed by atoms with E-state index in [1.807, 2.05) is 60.7 Å². The average molecular weight is 387 g/mol. The van der Waals surface area contributed by atoms with Crippen LogP contribution in [0.15, 0.2) is 97.1 Å². The summed E-state index contributed by atoms with van der Waals surface area (Å²) in [5, 5.41) is 8.91. The van der Waals surface area contributed by atoms with Crippen LogP contribution >= 0.6 is 11.6 Å². The number of anilines is 1. The molecule has 0 spiro atoms. The van der Waals surface area contributed by atoms with E-state index in [9.17, 15) is 0 Å². The second kappa shape index (κ2) is 7.80. The van der Waals surface area contributed by atoms with Crippen LogP contribution in [0.25, 0.3) is 0 Å². The average Bonchev–Trinajstić information content (AvgIpc) is 2.77. The molecule has 0 amide bonds. The second-order valence-electron chi connectivity index (χ2n) is 6.43. The molecule has 138 valence electrons. The lowest BCUT2D eigenvalue weighted by atomic mass is 9.67. The number of nitrogens with two attached hydrogens (primary N) is 1. The van der Waals surface area contributed by atoms with Crippen LogP contribution in [0.3, 0.4) is 0 Å². The van der Waals surface area contributed by atoms with Crippen molar-refractivity contribution >= 4 is 17.3 Å². The molecule has 0 saturated carbocycles. The number of benzene rings is 3. The van der Waals surface area contributed by atoms with Crippen LogP contribution in [0.4, 0.5) is 5.69 Å². The topological polar surface area (TPSA) is 63.8 Å². The van der Waals surface area contributed by atoms with Gasteiger partial charge in [0.2, 0.25) is 0 Å². The van der Waals surface area contributed by atoms with E-state index in [1.54, 1.807) is 0 Å². The maximum atomic E-state index is 6.17. The Balaban J connectivity index is 2.13. The van der Waals surface area contributed by atoms with Crippen molar-refractivity contribution in [3.63, 3.8) is 0 Å². The number of hydrazine groups is 1. The van der Waals surface area contributed by atoms with Gasteiger partial charge in [-0.1, -0.05) is 103 Å². The first-order valence-corrected chi connectivity index (χ1v) is 9.31. The number of nitrogens with one attached hydrogen (secondary N) is 1. The van der Waals surface area contributed by atoms with Crippen molar-refractivity contribution in [1.82, 2.24) is 10.2 Å². The van der Waals surface area contributed by atoms with Gasteiger partial charge in [0.1, 0.15) is 0 Å². The zero-order valence-corrected chi connectivity index (χ0v) is 15.8. The summed E-state index contributed by atoms with van der Waals surface area (Å²) in [5.74, 6) is 5.68. The summed E-state index contributed by atoms with van der Waals surface area (Å²) in [5.41, 5.74) is 6.44. The summed E-state index contributed by atoms with van der Waals surface area (Å²) in [6.45, 7) is 0. The Bertz CT molecular complexity index is 957. The molecule has 4 nitrogen and oxygen atoms in total. The quantitative estimate of drug-likeness (QED) is 0.294. The highest BCUT2D eigenvalue weighted by Crippen LogP contribution is 2.44. The Labute approximate surface area is 169 Å². The molecule has 0 radical (unpaired) electrons. The standard InChI is InChI=1S/C23H19ClN4/c24-22-20(26-25)16-21(27-28-22)23(17-10-4-1-5-11-17,18-12-6-2-7-13-18)19-14-8-3-9-15-19/h1-16H,25H2,(H,26,27). The zero-order valence-electron chi connectivity index (χ0n) is 15.1. The van der Waals surface area contributed by atoms with Gasteiger partial charge >= 0.3 is 0 Å². The van der Waals surface area contributed by atoms with Crippen LogP contribution in [0.5, 0.6) is 0 Å². The van der Waals surface area contributed by atoms with Crippen LogP contribution in [-0.4, -0.2) is 10.2 Å². The lowest BCUT2D eigenvalue weighted by molar-refractivity contribution is 0.694. The molecule has 28 heavy (non-hydrogen) atoms. The summed E-state index contributed by atoms with van der Waals surface area (Å²) >= 11 is 6.17. The van der Waals surface area contributed by atoms with E-state index in [4.69, 9.17) is 17.4 Å². The lowest BCUT2D eigenvalue weighted by Crippen LogP contribution is -2.32. The van der Waals surface area contributed by atoms with Gasteiger partial charge in [-0.2, -0.15) is 5.10 Å². The largest absolute Gasteiger partial charge is 0.321 e. The lowest BCUT2D eigenvalue weighted by Gasteiger charge is -2.35. The molecule has 0 aliphatic rings. The Kier molecular flexibility index (Phi) is 5.06.